The first-order valence-electron chi connectivity index (χ1n) is 8.08. The smallest absolute Gasteiger partial charge is 0.261 e. The van der Waals surface area contributed by atoms with Crippen LogP contribution >= 0.6 is 11.3 Å². The fourth-order valence-electron chi connectivity index (χ4n) is 2.97. The molecule has 2 N–H and O–H groups in total. The van der Waals surface area contributed by atoms with Gasteiger partial charge in [-0.05, 0) is 43.9 Å². The van der Waals surface area contributed by atoms with Crippen LogP contribution in [-0.4, -0.2) is 50.9 Å². The predicted octanol–water partition coefficient (Wildman–Crippen LogP) is 1.26. The second-order valence-electron chi connectivity index (χ2n) is 6.37. The van der Waals surface area contributed by atoms with E-state index in [0.717, 1.165) is 43.7 Å². The minimum absolute atomic E-state index is 0.133. The number of amides is 1. The molecule has 3 rings (SSSR count). The number of carbonyl (C=O) groups excluding carboxylic acids is 1. The number of hydrogen-bond acceptors (Lipinski definition) is 5. The molecule has 23 heavy (non-hydrogen) atoms. The lowest BCUT2D eigenvalue weighted by molar-refractivity contribution is 0.0944. The minimum atomic E-state index is -3.47. The fourth-order valence-corrected chi connectivity index (χ4v) is 5.80. The third-order valence-corrected chi connectivity index (χ3v) is 7.99. The molecular formula is C15H23N3O3S2. The molecule has 0 saturated carbocycles. The van der Waals surface area contributed by atoms with Gasteiger partial charge in [0.15, 0.2) is 0 Å². The summed E-state index contributed by atoms with van der Waals surface area (Å²) in [4.78, 5) is 12.7. The normalized spacial score (nSPS) is 24.0. The average molecular weight is 358 g/mol. The first-order chi connectivity index (χ1) is 11.0. The van der Waals surface area contributed by atoms with Crippen molar-refractivity contribution in [1.82, 2.24) is 14.9 Å². The van der Waals surface area contributed by atoms with E-state index in [1.807, 2.05) is 0 Å². The zero-order valence-corrected chi connectivity index (χ0v) is 14.9. The van der Waals surface area contributed by atoms with Crippen molar-refractivity contribution in [2.75, 3.05) is 26.2 Å². The molecule has 8 heteroatoms. The summed E-state index contributed by atoms with van der Waals surface area (Å²) in [6, 6.07) is 3.30. The summed E-state index contributed by atoms with van der Waals surface area (Å²) < 4.78 is 27.1. The Kier molecular flexibility index (Phi) is 5.05. The van der Waals surface area contributed by atoms with Gasteiger partial charge in [0.05, 0.1) is 4.88 Å². The Morgan fingerprint density at radius 2 is 2.04 bits per heavy atom. The van der Waals surface area contributed by atoms with Crippen LogP contribution in [0.5, 0.6) is 0 Å². The molecule has 1 amide bonds. The van der Waals surface area contributed by atoms with Crippen molar-refractivity contribution >= 4 is 27.3 Å². The van der Waals surface area contributed by atoms with Gasteiger partial charge in [-0.15, -0.1) is 11.3 Å². The average Bonchev–Trinajstić information content (AvgIpc) is 3.19. The maximum absolute atomic E-state index is 12.7. The molecule has 2 fully saturated rings. The van der Waals surface area contributed by atoms with Gasteiger partial charge in [-0.2, -0.15) is 4.31 Å². The SMILES string of the molecule is CC1CCN(S(=O)(=O)c2ccc(C(=O)NC3CCNC3)s2)CC1. The van der Waals surface area contributed by atoms with Gasteiger partial charge in [0.25, 0.3) is 15.9 Å². The van der Waals surface area contributed by atoms with Crippen LogP contribution in [0.25, 0.3) is 0 Å². The van der Waals surface area contributed by atoms with E-state index in [1.165, 1.54) is 0 Å². The van der Waals surface area contributed by atoms with E-state index in [1.54, 1.807) is 16.4 Å². The van der Waals surface area contributed by atoms with Crippen LogP contribution < -0.4 is 10.6 Å². The maximum Gasteiger partial charge on any atom is 0.261 e. The van der Waals surface area contributed by atoms with Crippen molar-refractivity contribution < 1.29 is 13.2 Å². The Hall–Kier alpha value is -0.960. The summed E-state index contributed by atoms with van der Waals surface area (Å²) in [5.74, 6) is 0.392. The maximum atomic E-state index is 12.7. The van der Waals surface area contributed by atoms with E-state index in [-0.39, 0.29) is 16.2 Å². The van der Waals surface area contributed by atoms with Gasteiger partial charge in [-0.1, -0.05) is 6.92 Å². The van der Waals surface area contributed by atoms with Crippen LogP contribution in [0, 0.1) is 5.92 Å². The summed E-state index contributed by atoms with van der Waals surface area (Å²) in [5, 5.41) is 6.14. The Morgan fingerprint density at radius 1 is 1.30 bits per heavy atom. The molecule has 0 radical (unpaired) electrons. The van der Waals surface area contributed by atoms with Crippen molar-refractivity contribution in [1.29, 1.82) is 0 Å². The van der Waals surface area contributed by atoms with Gasteiger partial charge in [-0.3, -0.25) is 4.79 Å². The Bertz CT molecular complexity index is 657. The number of piperidine rings is 1. The van der Waals surface area contributed by atoms with Gasteiger partial charge in [-0.25, -0.2) is 8.42 Å². The van der Waals surface area contributed by atoms with Gasteiger partial charge >= 0.3 is 0 Å². The molecule has 2 saturated heterocycles. The molecule has 1 aromatic rings. The number of rotatable bonds is 4. The second-order valence-corrected chi connectivity index (χ2v) is 9.62. The number of carbonyl (C=O) groups is 1. The quantitative estimate of drug-likeness (QED) is 0.850. The molecule has 0 aromatic carbocycles. The lowest BCUT2D eigenvalue weighted by atomic mass is 10.0. The Morgan fingerprint density at radius 3 is 2.70 bits per heavy atom. The molecule has 0 bridgehead atoms. The number of sulfonamides is 1. The molecule has 6 nitrogen and oxygen atoms in total. The fraction of sp³-hybridized carbons (Fsp3) is 0.667. The van der Waals surface area contributed by atoms with Crippen molar-refractivity contribution in [3.8, 4) is 0 Å². The van der Waals surface area contributed by atoms with Gasteiger partial charge in [0.1, 0.15) is 4.21 Å². The van der Waals surface area contributed by atoms with Gasteiger partial charge in [0.2, 0.25) is 0 Å². The van der Waals surface area contributed by atoms with Crippen LogP contribution in [0.4, 0.5) is 0 Å². The van der Waals surface area contributed by atoms with Crippen LogP contribution in [-0.2, 0) is 10.0 Å². The largest absolute Gasteiger partial charge is 0.347 e. The molecule has 3 heterocycles. The number of thiophene rings is 1. The first-order valence-corrected chi connectivity index (χ1v) is 10.3. The van der Waals surface area contributed by atoms with E-state index < -0.39 is 10.0 Å². The molecule has 2 aliphatic heterocycles. The highest BCUT2D eigenvalue weighted by Crippen LogP contribution is 2.28. The first kappa shape index (κ1) is 16.9. The van der Waals surface area contributed by atoms with E-state index in [0.29, 0.717) is 23.9 Å². The summed E-state index contributed by atoms with van der Waals surface area (Å²) in [6.07, 6.45) is 2.70. The zero-order chi connectivity index (χ0) is 16.4. The van der Waals surface area contributed by atoms with E-state index >= 15 is 0 Å². The number of nitrogens with zero attached hydrogens (tertiary/aromatic N) is 1. The van der Waals surface area contributed by atoms with Crippen LogP contribution in [0.1, 0.15) is 35.9 Å². The molecule has 1 atom stereocenters. The Balaban J connectivity index is 1.69. The highest BCUT2D eigenvalue weighted by Gasteiger charge is 2.30. The summed E-state index contributed by atoms with van der Waals surface area (Å²) in [5.41, 5.74) is 0. The van der Waals surface area contributed by atoms with Crippen molar-refractivity contribution in [3.05, 3.63) is 17.0 Å². The zero-order valence-electron chi connectivity index (χ0n) is 13.2. The van der Waals surface area contributed by atoms with E-state index in [2.05, 4.69) is 17.6 Å². The van der Waals surface area contributed by atoms with Crippen molar-refractivity contribution in [2.24, 2.45) is 5.92 Å². The molecule has 0 spiro atoms. The second kappa shape index (κ2) is 6.88. The van der Waals surface area contributed by atoms with Gasteiger partial charge < -0.3 is 10.6 Å². The molecule has 0 aliphatic carbocycles. The van der Waals surface area contributed by atoms with Crippen molar-refractivity contribution in [2.45, 2.75) is 36.4 Å². The minimum Gasteiger partial charge on any atom is -0.347 e. The topological polar surface area (TPSA) is 78.5 Å². The summed E-state index contributed by atoms with van der Waals surface area (Å²) >= 11 is 1.06. The highest BCUT2D eigenvalue weighted by atomic mass is 32.2. The third kappa shape index (κ3) is 3.76. The lowest BCUT2D eigenvalue weighted by Gasteiger charge is -2.28. The summed E-state index contributed by atoms with van der Waals surface area (Å²) in [7, 11) is -3.47. The van der Waals surface area contributed by atoms with Crippen LogP contribution in [0.3, 0.4) is 0 Å². The summed E-state index contributed by atoms with van der Waals surface area (Å²) in [6.45, 7) is 4.96. The standard InChI is InChI=1S/C15H23N3O3S2/c1-11-5-8-18(9-6-11)23(20,21)14-3-2-13(22-14)15(19)17-12-4-7-16-10-12/h2-3,11-12,16H,4-10H2,1H3,(H,17,19). The van der Waals surface area contributed by atoms with Crippen LogP contribution in [0.15, 0.2) is 16.3 Å². The van der Waals surface area contributed by atoms with Crippen molar-refractivity contribution in [3.63, 3.8) is 0 Å². The van der Waals surface area contributed by atoms with Crippen LogP contribution in [0.2, 0.25) is 0 Å². The van der Waals surface area contributed by atoms with Gasteiger partial charge in [0, 0.05) is 25.7 Å². The molecule has 128 valence electrons. The lowest BCUT2D eigenvalue weighted by Crippen LogP contribution is -2.37. The number of hydrogen-bond donors (Lipinski definition) is 2. The molecule has 2 aliphatic rings. The molecular weight excluding hydrogens is 334 g/mol. The third-order valence-electron chi connectivity index (χ3n) is 4.54. The monoisotopic (exact) mass is 357 g/mol. The predicted molar refractivity (Wildman–Crippen MR) is 90.2 cm³/mol. The molecule has 1 aromatic heterocycles. The molecule has 1 unspecified atom stereocenters. The van der Waals surface area contributed by atoms with E-state index in [4.69, 9.17) is 0 Å². The highest BCUT2D eigenvalue weighted by molar-refractivity contribution is 7.91. The van der Waals surface area contributed by atoms with E-state index in [9.17, 15) is 13.2 Å². The Labute approximate surface area is 141 Å². The number of nitrogens with one attached hydrogen (secondary N) is 2.